The number of carbonyl (C=O) groups is 3. The monoisotopic (exact) mass is 440 g/mol. The molecule has 2 aliphatic rings. The van der Waals surface area contributed by atoms with Crippen molar-refractivity contribution in [2.24, 2.45) is 11.8 Å². The zero-order chi connectivity index (χ0) is 23.4. The summed E-state index contributed by atoms with van der Waals surface area (Å²) in [6.45, 7) is 4.43. The van der Waals surface area contributed by atoms with Crippen molar-refractivity contribution in [3.8, 4) is 6.07 Å². The molecule has 2 atom stereocenters. The maximum absolute atomic E-state index is 13.3. The number of anilines is 1. The van der Waals surface area contributed by atoms with E-state index in [2.05, 4.69) is 18.1 Å². The van der Waals surface area contributed by atoms with E-state index in [0.717, 1.165) is 5.56 Å². The molecule has 0 aromatic heterocycles. The Labute approximate surface area is 192 Å². The summed E-state index contributed by atoms with van der Waals surface area (Å²) in [5.74, 6) is -1.32. The highest BCUT2D eigenvalue weighted by atomic mass is 16.2. The Balaban J connectivity index is 1.56. The number of nitrogens with one attached hydrogen (secondary N) is 1. The molecule has 4 rings (SSSR count). The zero-order valence-corrected chi connectivity index (χ0v) is 18.1. The summed E-state index contributed by atoms with van der Waals surface area (Å²) >= 11 is 0. The molecule has 1 aliphatic carbocycles. The highest BCUT2D eigenvalue weighted by Gasteiger charge is 2.42. The van der Waals surface area contributed by atoms with E-state index in [9.17, 15) is 14.4 Å². The Morgan fingerprint density at radius 2 is 1.88 bits per heavy atom. The van der Waals surface area contributed by atoms with Gasteiger partial charge in [0.15, 0.2) is 0 Å². The van der Waals surface area contributed by atoms with Crippen LogP contribution < -0.4 is 10.4 Å². The normalized spacial score (nSPS) is 19.3. The number of rotatable bonds is 6. The van der Waals surface area contributed by atoms with E-state index >= 15 is 0 Å². The minimum Gasteiger partial charge on any atom is -0.331 e. The highest BCUT2D eigenvalue weighted by molar-refractivity contribution is 6.05. The number of fused-ring (bicyclic) bond motifs is 1. The van der Waals surface area contributed by atoms with Crippen LogP contribution in [0.1, 0.15) is 34.3 Å². The largest absolute Gasteiger partial charge is 0.331 e. The lowest BCUT2D eigenvalue weighted by Gasteiger charge is -2.38. The number of hydrogen-bond donors (Lipinski definition) is 1. The van der Waals surface area contributed by atoms with Gasteiger partial charge in [-0.25, -0.2) is 5.01 Å². The fourth-order valence-electron chi connectivity index (χ4n) is 4.22. The Kier molecular flexibility index (Phi) is 6.36. The van der Waals surface area contributed by atoms with Gasteiger partial charge in [0.05, 0.1) is 29.2 Å². The SMILES string of the molecule is C=CCN(Cc1ccc(C#N)cc1)C(=O)c1cccc(N2NC(=O)C3CC=CCC3C2=O)c1. The summed E-state index contributed by atoms with van der Waals surface area (Å²) in [7, 11) is 0. The van der Waals surface area contributed by atoms with Crippen molar-refractivity contribution in [1.29, 1.82) is 5.26 Å². The fourth-order valence-corrected chi connectivity index (χ4v) is 4.22. The second kappa shape index (κ2) is 9.53. The summed E-state index contributed by atoms with van der Waals surface area (Å²) in [5, 5.41) is 10.2. The van der Waals surface area contributed by atoms with E-state index in [4.69, 9.17) is 5.26 Å². The second-order valence-electron chi connectivity index (χ2n) is 8.14. The molecule has 7 heteroatoms. The van der Waals surface area contributed by atoms with Crippen molar-refractivity contribution >= 4 is 23.4 Å². The molecule has 3 amide bonds. The predicted molar refractivity (Wildman–Crippen MR) is 124 cm³/mol. The highest BCUT2D eigenvalue weighted by Crippen LogP contribution is 2.32. The summed E-state index contributed by atoms with van der Waals surface area (Å²) in [4.78, 5) is 40.6. The first-order chi connectivity index (χ1) is 16.0. The fraction of sp³-hybridized carbons (Fsp3) is 0.231. The molecule has 0 spiro atoms. The van der Waals surface area contributed by atoms with Gasteiger partial charge in [0.25, 0.3) is 5.91 Å². The first-order valence-electron chi connectivity index (χ1n) is 10.8. The van der Waals surface area contributed by atoms with Crippen molar-refractivity contribution in [3.63, 3.8) is 0 Å². The van der Waals surface area contributed by atoms with Crippen LogP contribution in [0.3, 0.4) is 0 Å². The maximum atomic E-state index is 13.3. The third-order valence-electron chi connectivity index (χ3n) is 5.97. The summed E-state index contributed by atoms with van der Waals surface area (Å²) in [6.07, 6.45) is 6.61. The van der Waals surface area contributed by atoms with E-state index in [-0.39, 0.29) is 23.6 Å². The molecule has 0 saturated carbocycles. The number of nitrogens with zero attached hydrogens (tertiary/aromatic N) is 3. The molecular formula is C26H24N4O3. The van der Waals surface area contributed by atoms with Gasteiger partial charge >= 0.3 is 0 Å². The maximum Gasteiger partial charge on any atom is 0.254 e. The first kappa shape index (κ1) is 22.0. The Morgan fingerprint density at radius 3 is 2.58 bits per heavy atom. The Morgan fingerprint density at radius 1 is 1.15 bits per heavy atom. The van der Waals surface area contributed by atoms with Crippen LogP contribution in [-0.4, -0.2) is 29.2 Å². The van der Waals surface area contributed by atoms with Crippen LogP contribution >= 0.6 is 0 Å². The van der Waals surface area contributed by atoms with Gasteiger partial charge in [-0.15, -0.1) is 6.58 Å². The molecule has 1 fully saturated rings. The summed E-state index contributed by atoms with van der Waals surface area (Å²) in [6, 6.07) is 15.8. The summed E-state index contributed by atoms with van der Waals surface area (Å²) in [5.41, 5.74) is 4.98. The van der Waals surface area contributed by atoms with Crippen LogP contribution in [0.5, 0.6) is 0 Å². The number of benzene rings is 2. The molecule has 0 radical (unpaired) electrons. The van der Waals surface area contributed by atoms with Crippen molar-refractivity contribution in [2.75, 3.05) is 11.6 Å². The lowest BCUT2D eigenvalue weighted by atomic mass is 9.80. The van der Waals surface area contributed by atoms with E-state index in [1.807, 2.05) is 24.3 Å². The zero-order valence-electron chi connectivity index (χ0n) is 18.1. The molecule has 1 aliphatic heterocycles. The van der Waals surface area contributed by atoms with Crippen LogP contribution in [-0.2, 0) is 16.1 Å². The lowest BCUT2D eigenvalue weighted by molar-refractivity contribution is -0.139. The van der Waals surface area contributed by atoms with E-state index in [1.54, 1.807) is 47.4 Å². The van der Waals surface area contributed by atoms with Crippen LogP contribution in [0, 0.1) is 23.2 Å². The molecule has 33 heavy (non-hydrogen) atoms. The van der Waals surface area contributed by atoms with E-state index < -0.39 is 5.92 Å². The topological polar surface area (TPSA) is 93.5 Å². The average molecular weight is 441 g/mol. The number of carbonyl (C=O) groups excluding carboxylic acids is 3. The minimum atomic E-state index is -0.392. The van der Waals surface area contributed by atoms with Gasteiger partial charge in [0.1, 0.15) is 0 Å². The van der Waals surface area contributed by atoms with Crippen LogP contribution in [0.4, 0.5) is 5.69 Å². The standard InChI is InChI=1S/C26H24N4O3/c1-2-14-29(17-19-12-10-18(16-27)11-13-19)25(32)20-6-5-7-21(15-20)30-26(33)23-9-4-3-8-22(23)24(31)28-30/h2-7,10-13,15,22-23H,1,8-9,14,17H2,(H,28,31). The van der Waals surface area contributed by atoms with Gasteiger partial charge in [-0.05, 0) is 48.7 Å². The van der Waals surface area contributed by atoms with Crippen molar-refractivity contribution in [3.05, 3.63) is 90.0 Å². The van der Waals surface area contributed by atoms with E-state index in [1.165, 1.54) is 5.01 Å². The molecule has 2 aromatic carbocycles. The molecule has 1 heterocycles. The smallest absolute Gasteiger partial charge is 0.254 e. The van der Waals surface area contributed by atoms with Crippen molar-refractivity contribution in [2.45, 2.75) is 19.4 Å². The van der Waals surface area contributed by atoms with Gasteiger partial charge in [-0.3, -0.25) is 19.8 Å². The van der Waals surface area contributed by atoms with Crippen LogP contribution in [0.2, 0.25) is 0 Å². The molecule has 1 N–H and O–H groups in total. The molecule has 166 valence electrons. The quantitative estimate of drug-likeness (QED) is 0.697. The van der Waals surface area contributed by atoms with Crippen LogP contribution in [0.25, 0.3) is 0 Å². The lowest BCUT2D eigenvalue weighted by Crippen LogP contribution is -2.59. The molecule has 2 unspecified atom stereocenters. The number of amides is 3. The number of nitriles is 1. The third kappa shape index (κ3) is 4.55. The van der Waals surface area contributed by atoms with Gasteiger partial charge in [0.2, 0.25) is 11.8 Å². The Hall–Kier alpha value is -4.18. The number of hydrazine groups is 1. The van der Waals surface area contributed by atoms with Gasteiger partial charge in [0, 0.05) is 18.7 Å². The van der Waals surface area contributed by atoms with E-state index in [0.29, 0.717) is 42.7 Å². The molecule has 2 aromatic rings. The first-order valence-corrected chi connectivity index (χ1v) is 10.8. The Bertz CT molecular complexity index is 1160. The summed E-state index contributed by atoms with van der Waals surface area (Å²) < 4.78 is 0. The average Bonchev–Trinajstić information content (AvgIpc) is 2.86. The molecule has 1 saturated heterocycles. The predicted octanol–water partition coefficient (Wildman–Crippen LogP) is 3.35. The van der Waals surface area contributed by atoms with Crippen molar-refractivity contribution in [1.82, 2.24) is 10.3 Å². The second-order valence-corrected chi connectivity index (χ2v) is 8.14. The third-order valence-corrected chi connectivity index (χ3v) is 5.97. The van der Waals surface area contributed by atoms with Crippen molar-refractivity contribution < 1.29 is 14.4 Å². The van der Waals surface area contributed by atoms with Gasteiger partial charge < -0.3 is 4.90 Å². The van der Waals surface area contributed by atoms with Gasteiger partial charge in [-0.1, -0.05) is 36.4 Å². The van der Waals surface area contributed by atoms with Gasteiger partial charge in [-0.2, -0.15) is 5.26 Å². The number of hydrogen-bond acceptors (Lipinski definition) is 4. The molecule has 0 bridgehead atoms. The minimum absolute atomic E-state index is 0.172. The number of allylic oxidation sites excluding steroid dienone is 2. The molecule has 7 nitrogen and oxygen atoms in total. The van der Waals surface area contributed by atoms with Crippen LogP contribution in [0.15, 0.2) is 73.3 Å². The molecular weight excluding hydrogens is 416 g/mol.